The average Bonchev–Trinajstić information content (AvgIpc) is 2.92. The maximum atomic E-state index is 13.6. The van der Waals surface area contributed by atoms with Crippen LogP contribution in [0.1, 0.15) is 32.4 Å². The second kappa shape index (κ2) is 5.21. The molecule has 0 atom stereocenters. The number of nitrogens with zero attached hydrogens (tertiary/aromatic N) is 4. The van der Waals surface area contributed by atoms with Crippen molar-refractivity contribution in [1.29, 1.82) is 0 Å². The number of halogens is 1. The van der Waals surface area contributed by atoms with E-state index in [4.69, 9.17) is 5.73 Å². The summed E-state index contributed by atoms with van der Waals surface area (Å²) in [5, 5.41) is 7.61. The lowest BCUT2D eigenvalue weighted by atomic mass is 10.1. The molecule has 0 unspecified atom stereocenters. The quantitative estimate of drug-likeness (QED) is 0.873. The number of aryl methyl sites for hydroxylation is 1. The number of primary amides is 1. The van der Waals surface area contributed by atoms with Gasteiger partial charge in [0.25, 0.3) is 11.8 Å². The number of carbonyl (C=O) groups is 2. The molecular weight excluding hydrogens is 289 g/mol. The van der Waals surface area contributed by atoms with Gasteiger partial charge in [-0.3, -0.25) is 9.59 Å². The van der Waals surface area contributed by atoms with Crippen LogP contribution >= 0.6 is 0 Å². The number of amides is 2. The Kier molecular flexibility index (Phi) is 3.36. The second-order valence-electron chi connectivity index (χ2n) is 5.15. The van der Waals surface area contributed by atoms with E-state index in [0.717, 1.165) is 0 Å². The fraction of sp³-hybridized carbons (Fsp3) is 0.286. The molecule has 0 radical (unpaired) electrons. The number of nitrogens with two attached hydrogens (primary N) is 1. The predicted octanol–water partition coefficient (Wildman–Crippen LogP) is 0.481. The second-order valence-corrected chi connectivity index (χ2v) is 5.15. The number of fused-ring (bicyclic) bond motifs is 1. The summed E-state index contributed by atoms with van der Waals surface area (Å²) < 4.78 is 15.2. The summed E-state index contributed by atoms with van der Waals surface area (Å²) in [7, 11) is 0. The monoisotopic (exact) mass is 303 g/mol. The third-order valence-electron chi connectivity index (χ3n) is 3.68. The summed E-state index contributed by atoms with van der Waals surface area (Å²) in [6, 6.07) is 4.39. The Labute approximate surface area is 125 Å². The normalized spacial score (nSPS) is 13.8. The minimum Gasteiger partial charge on any atom is -0.363 e. The van der Waals surface area contributed by atoms with Crippen molar-refractivity contribution in [3.63, 3.8) is 0 Å². The van der Waals surface area contributed by atoms with Crippen LogP contribution in [0.15, 0.2) is 18.2 Å². The summed E-state index contributed by atoms with van der Waals surface area (Å²) in [5.74, 6) is -0.778. The first-order valence-corrected chi connectivity index (χ1v) is 6.74. The van der Waals surface area contributed by atoms with Crippen molar-refractivity contribution in [1.82, 2.24) is 19.7 Å². The van der Waals surface area contributed by atoms with Crippen LogP contribution in [0.25, 0.3) is 0 Å². The van der Waals surface area contributed by atoms with Gasteiger partial charge in [0.05, 0.1) is 6.54 Å². The minimum absolute atomic E-state index is 0.0866. The van der Waals surface area contributed by atoms with Crippen molar-refractivity contribution in [2.75, 3.05) is 6.54 Å². The average molecular weight is 303 g/mol. The zero-order valence-corrected chi connectivity index (χ0v) is 11.9. The fourth-order valence-electron chi connectivity index (χ4n) is 2.42. The maximum Gasteiger partial charge on any atom is 0.286 e. The molecule has 0 saturated carbocycles. The van der Waals surface area contributed by atoms with Crippen LogP contribution < -0.4 is 5.73 Å². The third kappa shape index (κ3) is 2.32. The molecule has 3 rings (SSSR count). The minimum atomic E-state index is -0.654. The Morgan fingerprint density at radius 2 is 2.05 bits per heavy atom. The summed E-state index contributed by atoms with van der Waals surface area (Å²) in [6.07, 6.45) is 0. The van der Waals surface area contributed by atoms with Gasteiger partial charge in [-0.05, 0) is 24.6 Å². The molecule has 22 heavy (non-hydrogen) atoms. The lowest BCUT2D eigenvalue weighted by molar-refractivity contribution is 0.0706. The van der Waals surface area contributed by atoms with Crippen LogP contribution in [0.3, 0.4) is 0 Å². The zero-order valence-electron chi connectivity index (χ0n) is 11.9. The Morgan fingerprint density at radius 1 is 1.27 bits per heavy atom. The maximum absolute atomic E-state index is 13.6. The molecule has 0 spiro atoms. The van der Waals surface area contributed by atoms with Gasteiger partial charge in [-0.15, -0.1) is 10.2 Å². The molecule has 1 aromatic heterocycles. The van der Waals surface area contributed by atoms with E-state index in [1.165, 1.54) is 6.07 Å². The zero-order chi connectivity index (χ0) is 15.9. The molecule has 2 N–H and O–H groups in total. The summed E-state index contributed by atoms with van der Waals surface area (Å²) in [6.45, 7) is 2.59. The van der Waals surface area contributed by atoms with Gasteiger partial charge in [0.2, 0.25) is 5.82 Å². The van der Waals surface area contributed by atoms with E-state index in [0.29, 0.717) is 24.5 Å². The van der Waals surface area contributed by atoms with E-state index >= 15 is 0 Å². The van der Waals surface area contributed by atoms with Crippen molar-refractivity contribution in [3.8, 4) is 0 Å². The molecule has 2 aromatic rings. The highest BCUT2D eigenvalue weighted by atomic mass is 19.1. The van der Waals surface area contributed by atoms with Crippen molar-refractivity contribution < 1.29 is 14.0 Å². The van der Waals surface area contributed by atoms with E-state index in [1.807, 2.05) is 0 Å². The van der Waals surface area contributed by atoms with Crippen LogP contribution in [0.4, 0.5) is 4.39 Å². The topological polar surface area (TPSA) is 94.1 Å². The van der Waals surface area contributed by atoms with Gasteiger partial charge >= 0.3 is 0 Å². The Morgan fingerprint density at radius 3 is 2.73 bits per heavy atom. The lowest BCUT2D eigenvalue weighted by Gasteiger charge is -2.27. The Bertz CT molecular complexity index is 771. The van der Waals surface area contributed by atoms with Gasteiger partial charge in [-0.25, -0.2) is 4.39 Å². The first kappa shape index (κ1) is 14.2. The van der Waals surface area contributed by atoms with Crippen molar-refractivity contribution in [2.24, 2.45) is 5.73 Å². The highest BCUT2D eigenvalue weighted by Crippen LogP contribution is 2.17. The Hall–Kier alpha value is -2.77. The molecule has 1 aliphatic heterocycles. The molecule has 7 nitrogen and oxygen atoms in total. The number of hydrogen-bond donors (Lipinski definition) is 1. The molecule has 0 aliphatic carbocycles. The molecular formula is C14H14FN5O2. The van der Waals surface area contributed by atoms with Gasteiger partial charge in [-0.2, -0.15) is 0 Å². The van der Waals surface area contributed by atoms with Crippen LogP contribution in [-0.2, 0) is 13.1 Å². The van der Waals surface area contributed by atoms with Crippen molar-refractivity contribution in [2.45, 2.75) is 20.0 Å². The molecule has 0 saturated heterocycles. The van der Waals surface area contributed by atoms with E-state index in [1.54, 1.807) is 28.5 Å². The van der Waals surface area contributed by atoms with Crippen molar-refractivity contribution in [3.05, 3.63) is 46.8 Å². The SMILES string of the molecule is Cc1ccc(C(=O)N2CCn3c(nnc3C(N)=O)C2)cc1F. The molecule has 114 valence electrons. The number of hydrogen-bond acceptors (Lipinski definition) is 4. The molecule has 2 heterocycles. The summed E-state index contributed by atoms with van der Waals surface area (Å²) in [5.41, 5.74) is 5.98. The van der Waals surface area contributed by atoms with Gasteiger partial charge in [-0.1, -0.05) is 6.07 Å². The van der Waals surface area contributed by atoms with Crippen LogP contribution in [0.5, 0.6) is 0 Å². The van der Waals surface area contributed by atoms with E-state index in [2.05, 4.69) is 10.2 Å². The Balaban J connectivity index is 1.83. The lowest BCUT2D eigenvalue weighted by Crippen LogP contribution is -2.39. The van der Waals surface area contributed by atoms with E-state index in [-0.39, 0.29) is 23.8 Å². The largest absolute Gasteiger partial charge is 0.363 e. The summed E-state index contributed by atoms with van der Waals surface area (Å²) in [4.78, 5) is 25.2. The molecule has 0 fully saturated rings. The molecule has 0 bridgehead atoms. The number of benzene rings is 1. The number of carbonyl (C=O) groups excluding carboxylic acids is 2. The van der Waals surface area contributed by atoms with Gasteiger partial charge in [0, 0.05) is 18.7 Å². The van der Waals surface area contributed by atoms with Gasteiger partial charge in [0.1, 0.15) is 5.82 Å². The third-order valence-corrected chi connectivity index (χ3v) is 3.68. The molecule has 2 amide bonds. The van der Waals surface area contributed by atoms with Crippen LogP contribution in [0, 0.1) is 12.7 Å². The van der Waals surface area contributed by atoms with Gasteiger partial charge in [0.15, 0.2) is 5.82 Å². The van der Waals surface area contributed by atoms with Crippen LogP contribution in [0.2, 0.25) is 0 Å². The van der Waals surface area contributed by atoms with E-state index < -0.39 is 11.7 Å². The first-order chi connectivity index (χ1) is 10.5. The smallest absolute Gasteiger partial charge is 0.286 e. The van der Waals surface area contributed by atoms with Gasteiger partial charge < -0.3 is 15.2 Å². The fourth-order valence-corrected chi connectivity index (χ4v) is 2.42. The predicted molar refractivity (Wildman–Crippen MR) is 74.4 cm³/mol. The summed E-state index contributed by atoms with van der Waals surface area (Å²) >= 11 is 0. The standard InChI is InChI=1S/C14H14FN5O2/c1-8-2-3-9(6-10(8)15)14(22)19-4-5-20-11(7-19)17-18-13(20)12(16)21/h2-3,6H,4-5,7H2,1H3,(H2,16,21). The number of aromatic nitrogens is 3. The highest BCUT2D eigenvalue weighted by molar-refractivity contribution is 5.94. The number of rotatable bonds is 2. The van der Waals surface area contributed by atoms with Crippen molar-refractivity contribution >= 4 is 11.8 Å². The molecule has 8 heteroatoms. The molecule has 1 aromatic carbocycles. The first-order valence-electron chi connectivity index (χ1n) is 6.74. The molecule has 1 aliphatic rings. The highest BCUT2D eigenvalue weighted by Gasteiger charge is 2.26. The van der Waals surface area contributed by atoms with E-state index in [9.17, 15) is 14.0 Å². The van der Waals surface area contributed by atoms with Crippen LogP contribution in [-0.4, -0.2) is 38.0 Å².